The summed E-state index contributed by atoms with van der Waals surface area (Å²) < 4.78 is 0. The average molecular weight is 356 g/mol. The fraction of sp³-hybridized carbons (Fsp3) is 0.412. The fourth-order valence-electron chi connectivity index (χ4n) is 2.86. The van der Waals surface area contributed by atoms with Gasteiger partial charge >= 0.3 is 0 Å². The zero-order valence-corrected chi connectivity index (χ0v) is 15.1. The quantitative estimate of drug-likeness (QED) is 0.899. The fourth-order valence-corrected chi connectivity index (χ4v) is 3.61. The van der Waals surface area contributed by atoms with Gasteiger partial charge in [0.05, 0.1) is 12.1 Å². The predicted octanol–water partition coefficient (Wildman–Crippen LogP) is 1.79. The number of carbonyl (C=O) groups excluding carboxylic acids is 1. The number of aromatic nitrogens is 2. The minimum Gasteiger partial charge on any atom is -0.354 e. The van der Waals surface area contributed by atoms with Crippen LogP contribution in [-0.2, 0) is 4.79 Å². The highest BCUT2D eigenvalue weighted by Crippen LogP contribution is 2.22. The largest absolute Gasteiger partial charge is 0.354 e. The molecule has 1 N–H and O–H groups in total. The van der Waals surface area contributed by atoms with Gasteiger partial charge in [-0.2, -0.15) is 5.26 Å². The Morgan fingerprint density at radius 3 is 2.76 bits per heavy atom. The van der Waals surface area contributed by atoms with Crippen molar-refractivity contribution >= 4 is 28.1 Å². The summed E-state index contributed by atoms with van der Waals surface area (Å²) in [6.45, 7) is 7.45. The first-order valence-corrected chi connectivity index (χ1v) is 9.00. The monoisotopic (exact) mass is 356 g/mol. The maximum absolute atomic E-state index is 12.2. The first kappa shape index (κ1) is 17.3. The second-order valence-corrected chi connectivity index (χ2v) is 6.92. The van der Waals surface area contributed by atoms with Gasteiger partial charge in [-0.25, -0.2) is 9.97 Å². The molecule has 0 aromatic carbocycles. The first-order valence-electron chi connectivity index (χ1n) is 8.12. The summed E-state index contributed by atoms with van der Waals surface area (Å²) in [6.07, 6.45) is 0. The van der Waals surface area contributed by atoms with Crippen LogP contribution in [0, 0.1) is 25.2 Å². The number of anilines is 2. The van der Waals surface area contributed by atoms with Crippen molar-refractivity contribution in [3.8, 4) is 6.07 Å². The van der Waals surface area contributed by atoms with Crippen LogP contribution in [-0.4, -0.2) is 53.5 Å². The number of amides is 1. The molecule has 1 fully saturated rings. The first-order chi connectivity index (χ1) is 12.0. The molecule has 1 amide bonds. The van der Waals surface area contributed by atoms with Gasteiger partial charge in [-0.05, 0) is 25.3 Å². The number of nitrogens with zero attached hydrogens (tertiary/aromatic N) is 5. The Bertz CT molecular complexity index is 783. The average Bonchev–Trinajstić information content (AvgIpc) is 3.01. The maximum atomic E-state index is 12.2. The molecule has 0 saturated carbocycles. The Morgan fingerprint density at radius 1 is 1.32 bits per heavy atom. The van der Waals surface area contributed by atoms with Gasteiger partial charge in [-0.3, -0.25) is 9.69 Å². The van der Waals surface area contributed by atoms with Gasteiger partial charge in [-0.15, -0.1) is 11.3 Å². The second-order valence-electron chi connectivity index (χ2n) is 6.00. The summed E-state index contributed by atoms with van der Waals surface area (Å²) in [5, 5.41) is 14.3. The highest BCUT2D eigenvalue weighted by Gasteiger charge is 2.21. The summed E-state index contributed by atoms with van der Waals surface area (Å²) in [5.74, 6) is 1.65. The third kappa shape index (κ3) is 4.32. The number of aryl methyl sites for hydroxylation is 2. The van der Waals surface area contributed by atoms with Gasteiger partial charge in [0.2, 0.25) is 5.91 Å². The molecule has 2 aromatic heterocycles. The number of hydrogen-bond donors (Lipinski definition) is 1. The molecule has 0 spiro atoms. The van der Waals surface area contributed by atoms with Crippen molar-refractivity contribution in [2.75, 3.05) is 42.9 Å². The van der Waals surface area contributed by atoms with Gasteiger partial charge in [0, 0.05) is 37.9 Å². The minimum atomic E-state index is -0.0823. The van der Waals surface area contributed by atoms with Crippen molar-refractivity contribution in [3.05, 3.63) is 34.6 Å². The number of piperazine rings is 1. The maximum Gasteiger partial charge on any atom is 0.239 e. The standard InChI is InChI=1S/C17H20N6OS/c1-12-9-15(20-13(2)19-12)23-6-4-22(5-7-23)11-16(24)21-17-14(10-18)3-8-25-17/h3,8-9H,4-7,11H2,1-2H3,(H,21,24). The molecule has 1 saturated heterocycles. The zero-order chi connectivity index (χ0) is 17.8. The predicted molar refractivity (Wildman–Crippen MR) is 97.8 cm³/mol. The van der Waals surface area contributed by atoms with Crippen LogP contribution in [0.15, 0.2) is 17.5 Å². The Hall–Kier alpha value is -2.50. The molecule has 8 heteroatoms. The number of hydrogen-bond acceptors (Lipinski definition) is 7. The second kappa shape index (κ2) is 7.59. The van der Waals surface area contributed by atoms with Crippen LogP contribution >= 0.6 is 11.3 Å². The van der Waals surface area contributed by atoms with Crippen molar-refractivity contribution in [1.82, 2.24) is 14.9 Å². The number of rotatable bonds is 4. The lowest BCUT2D eigenvalue weighted by Crippen LogP contribution is -2.49. The summed E-state index contributed by atoms with van der Waals surface area (Å²) in [6, 6.07) is 5.79. The van der Waals surface area contributed by atoms with E-state index < -0.39 is 0 Å². The summed E-state index contributed by atoms with van der Waals surface area (Å²) >= 11 is 1.37. The molecule has 3 rings (SSSR count). The molecule has 0 aliphatic carbocycles. The third-order valence-electron chi connectivity index (χ3n) is 4.05. The van der Waals surface area contributed by atoms with E-state index in [4.69, 9.17) is 5.26 Å². The van der Waals surface area contributed by atoms with Crippen molar-refractivity contribution in [3.63, 3.8) is 0 Å². The Balaban J connectivity index is 1.52. The number of nitriles is 1. The smallest absolute Gasteiger partial charge is 0.239 e. The van der Waals surface area contributed by atoms with Crippen molar-refractivity contribution in [1.29, 1.82) is 5.26 Å². The van der Waals surface area contributed by atoms with E-state index in [0.29, 0.717) is 17.1 Å². The molecule has 25 heavy (non-hydrogen) atoms. The van der Waals surface area contributed by atoms with E-state index in [1.165, 1.54) is 11.3 Å². The van der Waals surface area contributed by atoms with Gasteiger partial charge in [-0.1, -0.05) is 0 Å². The Morgan fingerprint density at radius 2 is 2.08 bits per heavy atom. The highest BCUT2D eigenvalue weighted by atomic mass is 32.1. The summed E-state index contributed by atoms with van der Waals surface area (Å²) in [5.41, 5.74) is 1.48. The molecule has 0 bridgehead atoms. The lowest BCUT2D eigenvalue weighted by atomic mass is 10.3. The lowest BCUT2D eigenvalue weighted by molar-refractivity contribution is -0.117. The van der Waals surface area contributed by atoms with E-state index in [0.717, 1.165) is 43.5 Å². The molecule has 0 unspecified atom stereocenters. The Kier molecular flexibility index (Phi) is 5.26. The van der Waals surface area contributed by atoms with E-state index in [9.17, 15) is 4.79 Å². The zero-order valence-electron chi connectivity index (χ0n) is 14.3. The molecule has 0 atom stereocenters. The molecule has 130 valence electrons. The Labute approximate surface area is 150 Å². The summed E-state index contributed by atoms with van der Waals surface area (Å²) in [4.78, 5) is 25.4. The molecule has 1 aliphatic rings. The van der Waals surface area contributed by atoms with Crippen LogP contribution < -0.4 is 10.2 Å². The van der Waals surface area contributed by atoms with Crippen molar-refractivity contribution in [2.24, 2.45) is 0 Å². The van der Waals surface area contributed by atoms with Gasteiger partial charge in [0.25, 0.3) is 0 Å². The SMILES string of the molecule is Cc1cc(N2CCN(CC(=O)Nc3sccc3C#N)CC2)nc(C)n1. The topological polar surface area (TPSA) is 85.1 Å². The van der Waals surface area contributed by atoms with Crippen LogP contribution in [0.3, 0.4) is 0 Å². The van der Waals surface area contributed by atoms with E-state index in [2.05, 4.69) is 31.2 Å². The van der Waals surface area contributed by atoms with E-state index in [1.807, 2.05) is 19.9 Å². The molecular weight excluding hydrogens is 336 g/mol. The molecule has 3 heterocycles. The third-order valence-corrected chi connectivity index (χ3v) is 4.88. The highest BCUT2D eigenvalue weighted by molar-refractivity contribution is 7.14. The van der Waals surface area contributed by atoms with Crippen molar-refractivity contribution in [2.45, 2.75) is 13.8 Å². The molecular formula is C17H20N6OS. The van der Waals surface area contributed by atoms with E-state index in [1.54, 1.807) is 11.4 Å². The number of carbonyl (C=O) groups is 1. The van der Waals surface area contributed by atoms with Crippen LogP contribution in [0.5, 0.6) is 0 Å². The molecule has 0 radical (unpaired) electrons. The van der Waals surface area contributed by atoms with Crippen molar-refractivity contribution < 1.29 is 4.79 Å². The van der Waals surface area contributed by atoms with Gasteiger partial charge in [0.15, 0.2) is 0 Å². The molecule has 2 aromatic rings. The van der Waals surface area contributed by atoms with Gasteiger partial charge in [0.1, 0.15) is 22.7 Å². The normalized spacial score (nSPS) is 15.0. The lowest BCUT2D eigenvalue weighted by Gasteiger charge is -2.35. The minimum absolute atomic E-state index is 0.0823. The van der Waals surface area contributed by atoms with Crippen LogP contribution in [0.1, 0.15) is 17.1 Å². The molecule has 1 aliphatic heterocycles. The van der Waals surface area contributed by atoms with E-state index >= 15 is 0 Å². The molecule has 7 nitrogen and oxygen atoms in total. The van der Waals surface area contributed by atoms with Gasteiger partial charge < -0.3 is 10.2 Å². The number of thiophene rings is 1. The van der Waals surface area contributed by atoms with Crippen LogP contribution in [0.4, 0.5) is 10.8 Å². The summed E-state index contributed by atoms with van der Waals surface area (Å²) in [7, 11) is 0. The number of nitrogens with one attached hydrogen (secondary N) is 1. The van der Waals surface area contributed by atoms with Crippen LogP contribution in [0.25, 0.3) is 0 Å². The van der Waals surface area contributed by atoms with E-state index in [-0.39, 0.29) is 5.91 Å². The van der Waals surface area contributed by atoms with Crippen LogP contribution in [0.2, 0.25) is 0 Å².